The molecule has 27 heavy (non-hydrogen) atoms. The van der Waals surface area contributed by atoms with Crippen LogP contribution in [-0.4, -0.2) is 18.6 Å². The van der Waals surface area contributed by atoms with Gasteiger partial charge in [0.05, 0.1) is 0 Å². The molecule has 8 heteroatoms. The van der Waals surface area contributed by atoms with Crippen LogP contribution in [0, 0.1) is 6.92 Å². The molecular weight excluding hydrogens is 382 g/mol. The Morgan fingerprint density at radius 3 is 2.70 bits per heavy atom. The van der Waals surface area contributed by atoms with Gasteiger partial charge in [-0.2, -0.15) is 4.98 Å². The number of sulfonamides is 1. The Morgan fingerprint density at radius 2 is 1.96 bits per heavy atom. The van der Waals surface area contributed by atoms with Gasteiger partial charge in [0.15, 0.2) is 0 Å². The van der Waals surface area contributed by atoms with Gasteiger partial charge in [-0.25, -0.2) is 13.1 Å². The van der Waals surface area contributed by atoms with Gasteiger partial charge in [0, 0.05) is 23.4 Å². The Morgan fingerprint density at radius 1 is 1.22 bits per heavy atom. The topological polar surface area (TPSA) is 85.1 Å². The molecule has 0 atom stereocenters. The number of hydrogen-bond donors (Lipinski definition) is 1. The molecule has 1 saturated carbocycles. The summed E-state index contributed by atoms with van der Waals surface area (Å²) in [4.78, 5) is 4.47. The van der Waals surface area contributed by atoms with Crippen molar-refractivity contribution in [3.8, 4) is 11.4 Å². The van der Waals surface area contributed by atoms with E-state index in [1.54, 1.807) is 11.4 Å². The Bertz CT molecular complexity index is 1020. The summed E-state index contributed by atoms with van der Waals surface area (Å²) in [5, 5.41) is 5.79. The SMILES string of the molecule is Cc1ccc(CNS(=O)(=O)c2cc(-c3noc(C4CCCC4)n3)cs2)cc1. The molecular formula is C19H21N3O3S2. The van der Waals surface area contributed by atoms with Crippen LogP contribution in [0.2, 0.25) is 0 Å². The van der Waals surface area contributed by atoms with Gasteiger partial charge in [0.2, 0.25) is 21.7 Å². The van der Waals surface area contributed by atoms with Gasteiger partial charge in [-0.1, -0.05) is 47.8 Å². The minimum Gasteiger partial charge on any atom is -0.339 e. The largest absolute Gasteiger partial charge is 0.339 e. The molecule has 1 aliphatic carbocycles. The molecule has 1 aromatic carbocycles. The van der Waals surface area contributed by atoms with Crippen LogP contribution in [0.3, 0.4) is 0 Å². The zero-order valence-corrected chi connectivity index (χ0v) is 16.6. The first kappa shape index (κ1) is 18.3. The Balaban J connectivity index is 1.47. The van der Waals surface area contributed by atoms with Crippen LogP contribution < -0.4 is 4.72 Å². The second kappa shape index (κ2) is 7.53. The third-order valence-electron chi connectivity index (χ3n) is 4.83. The summed E-state index contributed by atoms with van der Waals surface area (Å²) in [6.07, 6.45) is 4.54. The standard InChI is InChI=1S/C19H21N3O3S2/c1-13-6-8-14(9-7-13)11-20-27(23,24)17-10-16(12-26-17)18-21-19(25-22-18)15-4-2-3-5-15/h6-10,12,15,20H,2-5,11H2,1H3. The third-order valence-corrected chi connectivity index (χ3v) is 7.67. The molecule has 1 N–H and O–H groups in total. The van der Waals surface area contributed by atoms with Gasteiger partial charge >= 0.3 is 0 Å². The van der Waals surface area contributed by atoms with Crippen LogP contribution in [0.15, 0.2) is 44.4 Å². The number of aryl methyl sites for hydroxylation is 1. The lowest BCUT2D eigenvalue weighted by atomic mass is 10.1. The zero-order chi connectivity index (χ0) is 18.9. The predicted molar refractivity (Wildman–Crippen MR) is 104 cm³/mol. The molecule has 0 aliphatic heterocycles. The van der Waals surface area contributed by atoms with E-state index >= 15 is 0 Å². The number of rotatable bonds is 6. The van der Waals surface area contributed by atoms with E-state index < -0.39 is 10.0 Å². The van der Waals surface area contributed by atoms with Crippen LogP contribution in [-0.2, 0) is 16.6 Å². The molecule has 2 aromatic heterocycles. The molecule has 0 bridgehead atoms. The van der Waals surface area contributed by atoms with Gasteiger partial charge < -0.3 is 4.52 Å². The minimum absolute atomic E-state index is 0.247. The predicted octanol–water partition coefficient (Wildman–Crippen LogP) is 4.24. The number of nitrogens with zero attached hydrogens (tertiary/aromatic N) is 2. The molecule has 142 valence electrons. The van der Waals surface area contributed by atoms with E-state index in [0.717, 1.165) is 35.3 Å². The number of aromatic nitrogens is 2. The highest BCUT2D eigenvalue weighted by molar-refractivity contribution is 7.91. The fourth-order valence-corrected chi connectivity index (χ4v) is 5.44. The van der Waals surface area contributed by atoms with Gasteiger partial charge in [-0.05, 0) is 31.4 Å². The van der Waals surface area contributed by atoms with Crippen molar-refractivity contribution in [2.45, 2.75) is 49.3 Å². The maximum Gasteiger partial charge on any atom is 0.250 e. The van der Waals surface area contributed by atoms with Crippen molar-refractivity contribution < 1.29 is 12.9 Å². The maximum atomic E-state index is 12.6. The number of hydrogen-bond acceptors (Lipinski definition) is 6. The molecule has 1 aliphatic rings. The summed E-state index contributed by atoms with van der Waals surface area (Å²) in [6.45, 7) is 2.25. The van der Waals surface area contributed by atoms with Crippen molar-refractivity contribution in [1.29, 1.82) is 0 Å². The zero-order valence-electron chi connectivity index (χ0n) is 15.0. The van der Waals surface area contributed by atoms with Gasteiger partial charge in [-0.15, -0.1) is 11.3 Å². The fourth-order valence-electron chi connectivity index (χ4n) is 3.22. The monoisotopic (exact) mass is 403 g/mol. The lowest BCUT2D eigenvalue weighted by Crippen LogP contribution is -2.22. The first-order valence-corrected chi connectivity index (χ1v) is 11.4. The molecule has 2 heterocycles. The molecule has 4 rings (SSSR count). The van der Waals surface area contributed by atoms with E-state index in [1.807, 2.05) is 31.2 Å². The molecule has 6 nitrogen and oxygen atoms in total. The molecule has 0 saturated heterocycles. The average Bonchev–Trinajstić information content (AvgIpc) is 3.41. The molecule has 0 amide bonds. The Labute approximate surface area is 162 Å². The van der Waals surface area contributed by atoms with E-state index in [4.69, 9.17) is 4.52 Å². The van der Waals surface area contributed by atoms with Crippen molar-refractivity contribution in [2.24, 2.45) is 0 Å². The normalized spacial score (nSPS) is 15.4. The van der Waals surface area contributed by atoms with Crippen molar-refractivity contribution in [2.75, 3.05) is 0 Å². The first-order chi connectivity index (χ1) is 13.0. The maximum absolute atomic E-state index is 12.6. The van der Waals surface area contributed by atoms with Crippen molar-refractivity contribution in [3.05, 3.63) is 52.7 Å². The summed E-state index contributed by atoms with van der Waals surface area (Å²) in [6, 6.07) is 9.37. The van der Waals surface area contributed by atoms with E-state index in [-0.39, 0.29) is 10.8 Å². The minimum atomic E-state index is -3.58. The molecule has 0 unspecified atom stereocenters. The Kier molecular flexibility index (Phi) is 5.12. The van der Waals surface area contributed by atoms with Gasteiger partial charge in [0.25, 0.3) is 0 Å². The van der Waals surface area contributed by atoms with Crippen molar-refractivity contribution in [1.82, 2.24) is 14.9 Å². The van der Waals surface area contributed by atoms with Crippen LogP contribution in [0.25, 0.3) is 11.4 Å². The summed E-state index contributed by atoms with van der Waals surface area (Å²) in [5.41, 5.74) is 2.73. The van der Waals surface area contributed by atoms with Gasteiger partial charge in [-0.3, -0.25) is 0 Å². The Hall–Kier alpha value is -2.03. The molecule has 3 aromatic rings. The lowest BCUT2D eigenvalue weighted by Gasteiger charge is -2.05. The highest BCUT2D eigenvalue weighted by atomic mass is 32.2. The third kappa shape index (κ3) is 4.12. The summed E-state index contributed by atoms with van der Waals surface area (Å²) in [5.74, 6) is 1.45. The summed E-state index contributed by atoms with van der Waals surface area (Å²) in [7, 11) is -3.58. The van der Waals surface area contributed by atoms with E-state index in [2.05, 4.69) is 14.9 Å². The van der Waals surface area contributed by atoms with Crippen LogP contribution >= 0.6 is 11.3 Å². The smallest absolute Gasteiger partial charge is 0.250 e. The second-order valence-corrected chi connectivity index (χ2v) is 9.81. The van der Waals surface area contributed by atoms with Crippen LogP contribution in [0.1, 0.15) is 48.6 Å². The second-order valence-electron chi connectivity index (χ2n) is 6.90. The first-order valence-electron chi connectivity index (χ1n) is 8.99. The highest BCUT2D eigenvalue weighted by Crippen LogP contribution is 2.34. The summed E-state index contributed by atoms with van der Waals surface area (Å²) < 4.78 is 33.4. The lowest BCUT2D eigenvalue weighted by molar-refractivity contribution is 0.354. The molecule has 0 spiro atoms. The van der Waals surface area contributed by atoms with Crippen molar-refractivity contribution >= 4 is 21.4 Å². The quantitative estimate of drug-likeness (QED) is 0.665. The van der Waals surface area contributed by atoms with E-state index in [9.17, 15) is 8.42 Å². The van der Waals surface area contributed by atoms with Crippen LogP contribution in [0.4, 0.5) is 0 Å². The molecule has 0 radical (unpaired) electrons. The number of benzene rings is 1. The van der Waals surface area contributed by atoms with Gasteiger partial charge in [0.1, 0.15) is 4.21 Å². The van der Waals surface area contributed by atoms with E-state index in [0.29, 0.717) is 23.2 Å². The van der Waals surface area contributed by atoms with E-state index in [1.165, 1.54) is 12.8 Å². The molecule has 1 fully saturated rings. The average molecular weight is 404 g/mol. The highest BCUT2D eigenvalue weighted by Gasteiger charge is 2.24. The van der Waals surface area contributed by atoms with Crippen LogP contribution in [0.5, 0.6) is 0 Å². The fraction of sp³-hybridized carbons (Fsp3) is 0.368. The number of thiophene rings is 1. The summed E-state index contributed by atoms with van der Waals surface area (Å²) >= 11 is 1.16. The number of nitrogens with one attached hydrogen (secondary N) is 1. The van der Waals surface area contributed by atoms with Crippen molar-refractivity contribution in [3.63, 3.8) is 0 Å².